The van der Waals surface area contributed by atoms with Gasteiger partial charge in [-0.1, -0.05) is 0 Å². The van der Waals surface area contributed by atoms with E-state index in [0.717, 1.165) is 34.2 Å². The van der Waals surface area contributed by atoms with Gasteiger partial charge in [-0.15, -0.1) is 11.3 Å². The lowest BCUT2D eigenvalue weighted by atomic mass is 10.0. The maximum absolute atomic E-state index is 12.7. The Labute approximate surface area is 133 Å². The predicted octanol–water partition coefficient (Wildman–Crippen LogP) is 2.30. The number of aryl methyl sites for hydroxylation is 1. The summed E-state index contributed by atoms with van der Waals surface area (Å²) in [7, 11) is 1.64. The summed E-state index contributed by atoms with van der Waals surface area (Å²) in [6.45, 7) is 3.19. The van der Waals surface area contributed by atoms with Gasteiger partial charge >= 0.3 is 0 Å². The number of methoxy groups -OCH3 is 1. The zero-order valence-corrected chi connectivity index (χ0v) is 13.5. The van der Waals surface area contributed by atoms with Crippen molar-refractivity contribution in [1.29, 1.82) is 0 Å². The van der Waals surface area contributed by atoms with Gasteiger partial charge in [0.1, 0.15) is 11.4 Å². The fourth-order valence-corrected chi connectivity index (χ4v) is 3.52. The molecular formula is C16H19N3O2S. The Morgan fingerprint density at radius 2 is 2.18 bits per heavy atom. The second-order valence-corrected chi connectivity index (χ2v) is 6.52. The minimum Gasteiger partial charge on any atom is -0.497 e. The standard InChI is InChI=1S/C16H19N3O2S/c1-10-18-14(16(20)19-8-7-12(19)9-17)15(22-10)11-3-5-13(21-2)6-4-11/h3-6,12H,7-9,17H2,1-2H3. The number of hydrogen-bond donors (Lipinski definition) is 1. The van der Waals surface area contributed by atoms with Crippen LogP contribution in [-0.4, -0.2) is 42.0 Å². The fourth-order valence-electron chi connectivity index (χ4n) is 2.60. The van der Waals surface area contributed by atoms with Crippen LogP contribution in [-0.2, 0) is 0 Å². The largest absolute Gasteiger partial charge is 0.497 e. The van der Waals surface area contributed by atoms with Crippen molar-refractivity contribution >= 4 is 17.2 Å². The van der Waals surface area contributed by atoms with Crippen molar-refractivity contribution in [1.82, 2.24) is 9.88 Å². The van der Waals surface area contributed by atoms with E-state index in [1.807, 2.05) is 36.1 Å². The molecule has 0 aliphatic carbocycles. The quantitative estimate of drug-likeness (QED) is 0.939. The average molecular weight is 317 g/mol. The van der Waals surface area contributed by atoms with Crippen molar-refractivity contribution in [3.8, 4) is 16.2 Å². The zero-order chi connectivity index (χ0) is 15.7. The molecule has 1 aliphatic rings. The molecule has 1 unspecified atom stereocenters. The maximum atomic E-state index is 12.7. The Kier molecular flexibility index (Phi) is 4.13. The molecule has 1 aromatic heterocycles. The van der Waals surface area contributed by atoms with Crippen molar-refractivity contribution in [3.05, 3.63) is 35.0 Å². The first-order valence-electron chi connectivity index (χ1n) is 7.27. The van der Waals surface area contributed by atoms with Gasteiger partial charge in [0.2, 0.25) is 0 Å². The maximum Gasteiger partial charge on any atom is 0.274 e. The van der Waals surface area contributed by atoms with Gasteiger partial charge in [0.15, 0.2) is 0 Å². The van der Waals surface area contributed by atoms with Crippen molar-refractivity contribution < 1.29 is 9.53 Å². The lowest BCUT2D eigenvalue weighted by Crippen LogP contribution is -2.54. The number of amides is 1. The van der Waals surface area contributed by atoms with Gasteiger partial charge in [-0.2, -0.15) is 0 Å². The number of carbonyl (C=O) groups is 1. The molecule has 2 heterocycles. The summed E-state index contributed by atoms with van der Waals surface area (Å²) in [5.74, 6) is 0.778. The first-order valence-corrected chi connectivity index (χ1v) is 8.08. The predicted molar refractivity (Wildman–Crippen MR) is 87.3 cm³/mol. The molecule has 0 radical (unpaired) electrons. The molecule has 2 N–H and O–H groups in total. The SMILES string of the molecule is COc1ccc(-c2sc(C)nc2C(=O)N2CCC2CN)cc1. The first-order chi connectivity index (χ1) is 10.6. The number of hydrogen-bond acceptors (Lipinski definition) is 5. The minimum absolute atomic E-state index is 0.0168. The second-order valence-electron chi connectivity index (χ2n) is 5.32. The third kappa shape index (κ3) is 2.60. The van der Waals surface area contributed by atoms with E-state index < -0.39 is 0 Å². The Morgan fingerprint density at radius 3 is 2.73 bits per heavy atom. The first kappa shape index (κ1) is 15.0. The molecule has 6 heteroatoms. The van der Waals surface area contributed by atoms with Crippen LogP contribution in [0, 0.1) is 6.92 Å². The topological polar surface area (TPSA) is 68.5 Å². The molecule has 1 aromatic carbocycles. The Bertz CT molecular complexity index is 679. The molecule has 0 bridgehead atoms. The molecule has 5 nitrogen and oxygen atoms in total. The number of rotatable bonds is 4. The molecule has 3 rings (SSSR count). The fraction of sp³-hybridized carbons (Fsp3) is 0.375. The molecule has 0 spiro atoms. The number of nitrogens with zero attached hydrogens (tertiary/aromatic N) is 2. The van der Waals surface area contributed by atoms with Crippen molar-refractivity contribution in [2.45, 2.75) is 19.4 Å². The number of thiazole rings is 1. The molecule has 1 atom stereocenters. The van der Waals surface area contributed by atoms with Crippen molar-refractivity contribution in [3.63, 3.8) is 0 Å². The monoisotopic (exact) mass is 317 g/mol. The van der Waals surface area contributed by atoms with E-state index in [4.69, 9.17) is 10.5 Å². The van der Waals surface area contributed by atoms with Gasteiger partial charge in [-0.25, -0.2) is 4.98 Å². The number of aromatic nitrogens is 1. The van der Waals surface area contributed by atoms with Crippen LogP contribution in [0.1, 0.15) is 21.9 Å². The zero-order valence-electron chi connectivity index (χ0n) is 12.7. The molecule has 0 saturated carbocycles. The van der Waals surface area contributed by atoms with Crippen molar-refractivity contribution in [2.75, 3.05) is 20.2 Å². The highest BCUT2D eigenvalue weighted by Gasteiger charge is 2.34. The van der Waals surface area contributed by atoms with Crippen LogP contribution >= 0.6 is 11.3 Å². The van der Waals surface area contributed by atoms with E-state index in [2.05, 4.69) is 4.98 Å². The normalized spacial score (nSPS) is 17.2. The molecule has 116 valence electrons. The molecule has 1 saturated heterocycles. The van der Waals surface area contributed by atoms with Crippen LogP contribution in [0.5, 0.6) is 5.75 Å². The summed E-state index contributed by atoms with van der Waals surface area (Å²) in [5.41, 5.74) is 7.22. The molecule has 1 amide bonds. The van der Waals surface area contributed by atoms with E-state index in [0.29, 0.717) is 12.2 Å². The summed E-state index contributed by atoms with van der Waals surface area (Å²) in [6.07, 6.45) is 0.975. The van der Waals surface area contributed by atoms with Gasteiger partial charge in [-0.3, -0.25) is 4.79 Å². The van der Waals surface area contributed by atoms with Crippen LogP contribution in [0.4, 0.5) is 0 Å². The van der Waals surface area contributed by atoms with Gasteiger partial charge in [-0.05, 0) is 43.2 Å². The van der Waals surface area contributed by atoms with E-state index in [1.165, 1.54) is 11.3 Å². The van der Waals surface area contributed by atoms with Crippen LogP contribution in [0.2, 0.25) is 0 Å². The summed E-state index contributed by atoms with van der Waals surface area (Å²) in [5, 5.41) is 0.888. The third-order valence-electron chi connectivity index (χ3n) is 3.97. The number of benzene rings is 1. The molecule has 22 heavy (non-hydrogen) atoms. The summed E-state index contributed by atoms with van der Waals surface area (Å²) in [4.78, 5) is 19.9. The molecule has 1 aliphatic heterocycles. The Balaban J connectivity index is 1.93. The van der Waals surface area contributed by atoms with Crippen molar-refractivity contribution in [2.24, 2.45) is 5.73 Å². The number of carbonyl (C=O) groups excluding carboxylic acids is 1. The molecular weight excluding hydrogens is 298 g/mol. The number of ether oxygens (including phenoxy) is 1. The molecule has 1 fully saturated rings. The lowest BCUT2D eigenvalue weighted by molar-refractivity contribution is 0.0477. The average Bonchev–Trinajstić information content (AvgIpc) is 2.89. The van der Waals surface area contributed by atoms with Crippen LogP contribution in [0.25, 0.3) is 10.4 Å². The third-order valence-corrected chi connectivity index (χ3v) is 4.99. The van der Waals surface area contributed by atoms with E-state index in [-0.39, 0.29) is 11.9 Å². The second kappa shape index (κ2) is 6.06. The summed E-state index contributed by atoms with van der Waals surface area (Å²) < 4.78 is 5.18. The Hall–Kier alpha value is -1.92. The number of nitrogens with two attached hydrogens (primary N) is 1. The van der Waals surface area contributed by atoms with E-state index >= 15 is 0 Å². The number of likely N-dealkylation sites (tertiary alicyclic amines) is 1. The highest BCUT2D eigenvalue weighted by atomic mass is 32.1. The van der Waals surface area contributed by atoms with Gasteiger partial charge in [0, 0.05) is 19.1 Å². The van der Waals surface area contributed by atoms with E-state index in [9.17, 15) is 4.79 Å². The van der Waals surface area contributed by atoms with Crippen LogP contribution in [0.3, 0.4) is 0 Å². The highest BCUT2D eigenvalue weighted by molar-refractivity contribution is 7.15. The van der Waals surface area contributed by atoms with Crippen LogP contribution < -0.4 is 10.5 Å². The van der Waals surface area contributed by atoms with Crippen LogP contribution in [0.15, 0.2) is 24.3 Å². The summed E-state index contributed by atoms with van der Waals surface area (Å²) in [6, 6.07) is 7.85. The highest BCUT2D eigenvalue weighted by Crippen LogP contribution is 2.33. The molecule has 2 aromatic rings. The Morgan fingerprint density at radius 1 is 1.45 bits per heavy atom. The smallest absolute Gasteiger partial charge is 0.274 e. The lowest BCUT2D eigenvalue weighted by Gasteiger charge is -2.40. The van der Waals surface area contributed by atoms with E-state index in [1.54, 1.807) is 7.11 Å². The van der Waals surface area contributed by atoms with Gasteiger partial charge in [0.25, 0.3) is 5.91 Å². The minimum atomic E-state index is -0.0168. The van der Waals surface area contributed by atoms with Gasteiger partial charge in [0.05, 0.1) is 17.0 Å². The van der Waals surface area contributed by atoms with Gasteiger partial charge < -0.3 is 15.4 Å². The summed E-state index contributed by atoms with van der Waals surface area (Å²) >= 11 is 1.54.